The third-order valence-electron chi connectivity index (χ3n) is 2.60. The van der Waals surface area contributed by atoms with Gasteiger partial charge in [-0.05, 0) is 38.5 Å². The SMILES string of the molecule is CCN(CC)c1ccc(C(C)N)cc1F. The fraction of sp³-hybridized carbons (Fsp3) is 0.500. The molecule has 1 aromatic rings. The average Bonchev–Trinajstić information content (AvgIpc) is 2.21. The van der Waals surface area contributed by atoms with Gasteiger partial charge in [0.15, 0.2) is 0 Å². The summed E-state index contributed by atoms with van der Waals surface area (Å²) >= 11 is 0. The molecule has 15 heavy (non-hydrogen) atoms. The number of rotatable bonds is 4. The normalized spacial score (nSPS) is 12.6. The quantitative estimate of drug-likeness (QED) is 0.828. The second kappa shape index (κ2) is 5.12. The van der Waals surface area contributed by atoms with E-state index in [4.69, 9.17) is 5.73 Å². The fourth-order valence-electron chi connectivity index (χ4n) is 1.63. The molecule has 0 aliphatic carbocycles. The monoisotopic (exact) mass is 210 g/mol. The van der Waals surface area contributed by atoms with E-state index in [1.54, 1.807) is 6.07 Å². The number of hydrogen-bond acceptors (Lipinski definition) is 2. The Hall–Kier alpha value is -1.09. The van der Waals surface area contributed by atoms with Gasteiger partial charge < -0.3 is 10.6 Å². The van der Waals surface area contributed by atoms with Gasteiger partial charge in [0.25, 0.3) is 0 Å². The molecule has 0 bridgehead atoms. The van der Waals surface area contributed by atoms with Crippen LogP contribution in [0, 0.1) is 5.82 Å². The first-order valence-electron chi connectivity index (χ1n) is 5.40. The molecule has 0 aliphatic heterocycles. The number of nitrogens with zero attached hydrogens (tertiary/aromatic N) is 1. The zero-order valence-electron chi connectivity index (χ0n) is 9.63. The van der Waals surface area contributed by atoms with E-state index < -0.39 is 0 Å². The lowest BCUT2D eigenvalue weighted by molar-refractivity contribution is 0.615. The number of nitrogens with two attached hydrogens (primary N) is 1. The van der Waals surface area contributed by atoms with E-state index in [2.05, 4.69) is 0 Å². The summed E-state index contributed by atoms with van der Waals surface area (Å²) in [6.45, 7) is 7.51. The van der Waals surface area contributed by atoms with Crippen LogP contribution in [0.3, 0.4) is 0 Å². The van der Waals surface area contributed by atoms with Crippen LogP contribution >= 0.6 is 0 Å². The van der Waals surface area contributed by atoms with Crippen LogP contribution in [-0.2, 0) is 0 Å². The molecule has 2 nitrogen and oxygen atoms in total. The molecule has 84 valence electrons. The minimum atomic E-state index is -0.187. The zero-order chi connectivity index (χ0) is 11.4. The molecule has 0 radical (unpaired) electrons. The second-order valence-electron chi connectivity index (χ2n) is 3.67. The van der Waals surface area contributed by atoms with Crippen molar-refractivity contribution < 1.29 is 4.39 Å². The lowest BCUT2D eigenvalue weighted by Crippen LogP contribution is -2.23. The minimum absolute atomic E-state index is 0.120. The van der Waals surface area contributed by atoms with Crippen molar-refractivity contribution in [3.63, 3.8) is 0 Å². The van der Waals surface area contributed by atoms with Crippen LogP contribution in [0.25, 0.3) is 0 Å². The van der Waals surface area contributed by atoms with Crippen LogP contribution in [0.15, 0.2) is 18.2 Å². The Morgan fingerprint density at radius 1 is 1.33 bits per heavy atom. The first-order chi connectivity index (χ1) is 7.10. The highest BCUT2D eigenvalue weighted by Crippen LogP contribution is 2.22. The zero-order valence-corrected chi connectivity index (χ0v) is 9.63. The first kappa shape index (κ1) is 12.0. The molecule has 0 heterocycles. The summed E-state index contributed by atoms with van der Waals surface area (Å²) in [5, 5.41) is 0. The summed E-state index contributed by atoms with van der Waals surface area (Å²) in [5.41, 5.74) is 7.19. The van der Waals surface area contributed by atoms with Crippen LogP contribution in [0.2, 0.25) is 0 Å². The lowest BCUT2D eigenvalue weighted by atomic mass is 10.1. The maximum atomic E-state index is 13.7. The van der Waals surface area contributed by atoms with Crippen LogP contribution in [0.1, 0.15) is 32.4 Å². The highest BCUT2D eigenvalue weighted by Gasteiger charge is 2.10. The number of anilines is 1. The van der Waals surface area contributed by atoms with Gasteiger partial charge in [0.2, 0.25) is 0 Å². The standard InChI is InChI=1S/C12H19FN2/c1-4-15(5-2)12-7-6-10(9(3)14)8-11(12)13/h6-9H,4-5,14H2,1-3H3. The van der Waals surface area contributed by atoms with Crippen molar-refractivity contribution >= 4 is 5.69 Å². The molecule has 1 rings (SSSR count). The Balaban J connectivity index is 3.02. The smallest absolute Gasteiger partial charge is 0.146 e. The number of benzene rings is 1. The summed E-state index contributed by atoms with van der Waals surface area (Å²) in [4.78, 5) is 1.99. The van der Waals surface area contributed by atoms with Gasteiger partial charge in [-0.2, -0.15) is 0 Å². The van der Waals surface area contributed by atoms with Crippen molar-refractivity contribution in [3.05, 3.63) is 29.6 Å². The molecule has 0 saturated carbocycles. The van der Waals surface area contributed by atoms with Crippen LogP contribution in [0.5, 0.6) is 0 Å². The summed E-state index contributed by atoms with van der Waals surface area (Å²) < 4.78 is 13.7. The Kier molecular flexibility index (Phi) is 4.09. The summed E-state index contributed by atoms with van der Waals surface area (Å²) in [6, 6.07) is 5.10. The van der Waals surface area contributed by atoms with Gasteiger partial charge >= 0.3 is 0 Å². The van der Waals surface area contributed by atoms with Crippen molar-refractivity contribution in [3.8, 4) is 0 Å². The molecule has 0 fully saturated rings. The molecule has 0 aliphatic rings. The molecular formula is C12H19FN2. The van der Waals surface area contributed by atoms with Gasteiger partial charge in [0.1, 0.15) is 5.82 Å². The largest absolute Gasteiger partial charge is 0.370 e. The molecule has 1 atom stereocenters. The third-order valence-corrected chi connectivity index (χ3v) is 2.60. The highest BCUT2D eigenvalue weighted by atomic mass is 19.1. The molecule has 0 aromatic heterocycles. The number of hydrogen-bond donors (Lipinski definition) is 1. The van der Waals surface area contributed by atoms with Gasteiger partial charge in [0.05, 0.1) is 5.69 Å². The van der Waals surface area contributed by atoms with E-state index in [-0.39, 0.29) is 11.9 Å². The van der Waals surface area contributed by atoms with Crippen molar-refractivity contribution in [1.29, 1.82) is 0 Å². The average molecular weight is 210 g/mol. The van der Waals surface area contributed by atoms with Crippen LogP contribution in [0.4, 0.5) is 10.1 Å². The fourth-order valence-corrected chi connectivity index (χ4v) is 1.63. The van der Waals surface area contributed by atoms with Gasteiger partial charge in [-0.25, -0.2) is 4.39 Å². The van der Waals surface area contributed by atoms with Gasteiger partial charge in [-0.3, -0.25) is 0 Å². The maximum absolute atomic E-state index is 13.7. The molecule has 3 heteroatoms. The summed E-state index contributed by atoms with van der Waals surface area (Å²) in [6.07, 6.45) is 0. The van der Waals surface area contributed by atoms with E-state index >= 15 is 0 Å². The predicted molar refractivity (Wildman–Crippen MR) is 62.6 cm³/mol. The van der Waals surface area contributed by atoms with E-state index in [9.17, 15) is 4.39 Å². The Labute approximate surface area is 90.9 Å². The third kappa shape index (κ3) is 2.69. The van der Waals surface area contributed by atoms with Gasteiger partial charge in [-0.15, -0.1) is 0 Å². The van der Waals surface area contributed by atoms with E-state index in [1.165, 1.54) is 6.07 Å². The molecule has 2 N–H and O–H groups in total. The van der Waals surface area contributed by atoms with Crippen molar-refractivity contribution in [1.82, 2.24) is 0 Å². The molecule has 0 spiro atoms. The van der Waals surface area contributed by atoms with Crippen molar-refractivity contribution in [2.45, 2.75) is 26.8 Å². The molecule has 0 amide bonds. The Morgan fingerprint density at radius 3 is 2.33 bits per heavy atom. The molecule has 0 saturated heterocycles. The van der Waals surface area contributed by atoms with Crippen molar-refractivity contribution in [2.24, 2.45) is 5.73 Å². The van der Waals surface area contributed by atoms with E-state index in [1.807, 2.05) is 31.7 Å². The number of halogens is 1. The van der Waals surface area contributed by atoms with E-state index in [0.717, 1.165) is 18.7 Å². The van der Waals surface area contributed by atoms with Gasteiger partial charge in [-0.1, -0.05) is 6.07 Å². The van der Waals surface area contributed by atoms with Crippen LogP contribution in [-0.4, -0.2) is 13.1 Å². The molecular weight excluding hydrogens is 191 g/mol. The van der Waals surface area contributed by atoms with E-state index in [0.29, 0.717) is 5.69 Å². The first-order valence-corrected chi connectivity index (χ1v) is 5.40. The van der Waals surface area contributed by atoms with Crippen molar-refractivity contribution in [2.75, 3.05) is 18.0 Å². The molecule has 1 unspecified atom stereocenters. The van der Waals surface area contributed by atoms with Crippen LogP contribution < -0.4 is 10.6 Å². The van der Waals surface area contributed by atoms with Gasteiger partial charge in [0, 0.05) is 19.1 Å². The summed E-state index contributed by atoms with van der Waals surface area (Å²) in [5.74, 6) is -0.187. The highest BCUT2D eigenvalue weighted by molar-refractivity contribution is 5.49. The summed E-state index contributed by atoms with van der Waals surface area (Å²) in [7, 11) is 0. The Morgan fingerprint density at radius 2 is 1.93 bits per heavy atom. The topological polar surface area (TPSA) is 29.3 Å². The Bertz CT molecular complexity index is 319. The predicted octanol–water partition coefficient (Wildman–Crippen LogP) is 2.69. The minimum Gasteiger partial charge on any atom is -0.370 e. The second-order valence-corrected chi connectivity index (χ2v) is 3.67. The maximum Gasteiger partial charge on any atom is 0.146 e. The lowest BCUT2D eigenvalue weighted by Gasteiger charge is -2.22. The molecule has 1 aromatic carbocycles.